The maximum Gasteiger partial charge on any atom is 0.126 e. The fourth-order valence-electron chi connectivity index (χ4n) is 1.57. The zero-order valence-electron chi connectivity index (χ0n) is 11.6. The molecule has 98 valence electrons. The normalized spacial score (nSPS) is 15.5. The van der Waals surface area contributed by atoms with Crippen LogP contribution in [0, 0.1) is 5.92 Å². The van der Waals surface area contributed by atoms with Gasteiger partial charge in [0.15, 0.2) is 0 Å². The van der Waals surface area contributed by atoms with Crippen molar-refractivity contribution in [3.05, 3.63) is 36.2 Å². The van der Waals surface area contributed by atoms with Crippen molar-refractivity contribution in [2.75, 3.05) is 6.61 Å². The minimum atomic E-state index is -0.255. The molecule has 0 aliphatic carbocycles. The standard InChI is InChI=1S/C15H25FO/c1-7-17-13(5)9-8-12(4)14(6)15(16)10-11(2)3/h10,12-13H,2,6-9H2,1,3-5H3/b15-10+. The fourth-order valence-corrected chi connectivity index (χ4v) is 1.57. The quantitative estimate of drug-likeness (QED) is 0.553. The Bertz CT molecular complexity index is 291. The highest BCUT2D eigenvalue weighted by atomic mass is 19.1. The summed E-state index contributed by atoms with van der Waals surface area (Å²) in [5.41, 5.74) is 1.26. The molecule has 0 aromatic heterocycles. The maximum atomic E-state index is 13.6. The SMILES string of the molecule is C=C(C)/C=C(/F)C(=C)C(C)CCC(C)OCC. The van der Waals surface area contributed by atoms with E-state index >= 15 is 0 Å². The van der Waals surface area contributed by atoms with Crippen LogP contribution in [0.4, 0.5) is 4.39 Å². The summed E-state index contributed by atoms with van der Waals surface area (Å²) in [5.74, 6) is -0.123. The van der Waals surface area contributed by atoms with Crippen molar-refractivity contribution in [2.45, 2.75) is 46.6 Å². The van der Waals surface area contributed by atoms with Gasteiger partial charge in [-0.2, -0.15) is 0 Å². The van der Waals surface area contributed by atoms with Gasteiger partial charge in [0.1, 0.15) is 5.83 Å². The van der Waals surface area contributed by atoms with Crippen LogP contribution in [0.3, 0.4) is 0 Å². The lowest BCUT2D eigenvalue weighted by atomic mass is 9.94. The highest BCUT2D eigenvalue weighted by Crippen LogP contribution is 2.24. The van der Waals surface area contributed by atoms with E-state index in [1.807, 2.05) is 20.8 Å². The molecule has 1 nitrogen and oxygen atoms in total. The number of rotatable bonds is 8. The lowest BCUT2D eigenvalue weighted by Crippen LogP contribution is -2.10. The van der Waals surface area contributed by atoms with Gasteiger partial charge in [0.05, 0.1) is 6.10 Å². The van der Waals surface area contributed by atoms with Crippen molar-refractivity contribution in [3.63, 3.8) is 0 Å². The Morgan fingerprint density at radius 3 is 2.35 bits per heavy atom. The summed E-state index contributed by atoms with van der Waals surface area (Å²) in [5, 5.41) is 0. The van der Waals surface area contributed by atoms with Crippen LogP contribution in [0.1, 0.15) is 40.5 Å². The summed E-state index contributed by atoms with van der Waals surface area (Å²) in [6.07, 6.45) is 3.47. The van der Waals surface area contributed by atoms with Crippen molar-refractivity contribution in [1.29, 1.82) is 0 Å². The predicted octanol–water partition coefficient (Wildman–Crippen LogP) is 4.81. The first-order valence-corrected chi connectivity index (χ1v) is 6.21. The van der Waals surface area contributed by atoms with Gasteiger partial charge in [-0.3, -0.25) is 0 Å². The van der Waals surface area contributed by atoms with Crippen molar-refractivity contribution < 1.29 is 9.13 Å². The second kappa shape index (κ2) is 8.24. The van der Waals surface area contributed by atoms with Gasteiger partial charge in [0, 0.05) is 6.61 Å². The summed E-state index contributed by atoms with van der Waals surface area (Å²) in [6, 6.07) is 0. The molecule has 0 rings (SSSR count). The second-order valence-corrected chi connectivity index (χ2v) is 4.61. The van der Waals surface area contributed by atoms with Crippen molar-refractivity contribution in [3.8, 4) is 0 Å². The Hall–Kier alpha value is -0.890. The van der Waals surface area contributed by atoms with Gasteiger partial charge in [0.25, 0.3) is 0 Å². The van der Waals surface area contributed by atoms with E-state index in [2.05, 4.69) is 13.2 Å². The van der Waals surface area contributed by atoms with E-state index in [0.29, 0.717) is 11.1 Å². The van der Waals surface area contributed by atoms with Crippen LogP contribution in [-0.2, 0) is 4.74 Å². The van der Waals surface area contributed by atoms with Gasteiger partial charge < -0.3 is 4.74 Å². The van der Waals surface area contributed by atoms with E-state index in [-0.39, 0.29) is 17.8 Å². The maximum absolute atomic E-state index is 13.6. The first-order valence-electron chi connectivity index (χ1n) is 6.21. The van der Waals surface area contributed by atoms with E-state index in [4.69, 9.17) is 4.74 Å². The topological polar surface area (TPSA) is 9.23 Å². The van der Waals surface area contributed by atoms with E-state index < -0.39 is 0 Å². The molecule has 0 aliphatic heterocycles. The molecule has 0 saturated carbocycles. The van der Waals surface area contributed by atoms with Crippen LogP contribution in [0.2, 0.25) is 0 Å². The second-order valence-electron chi connectivity index (χ2n) is 4.61. The van der Waals surface area contributed by atoms with Gasteiger partial charge in [-0.15, -0.1) is 0 Å². The first kappa shape index (κ1) is 16.1. The summed E-state index contributed by atoms with van der Waals surface area (Å²) >= 11 is 0. The summed E-state index contributed by atoms with van der Waals surface area (Å²) in [4.78, 5) is 0. The third kappa shape index (κ3) is 7.11. The molecule has 0 aliphatic rings. The Balaban J connectivity index is 4.19. The molecule has 0 fully saturated rings. The molecule has 0 aromatic carbocycles. The van der Waals surface area contributed by atoms with Crippen molar-refractivity contribution in [1.82, 2.24) is 0 Å². The smallest absolute Gasteiger partial charge is 0.126 e. The van der Waals surface area contributed by atoms with Crippen LogP contribution in [0.15, 0.2) is 36.2 Å². The molecule has 0 spiro atoms. The van der Waals surface area contributed by atoms with Crippen LogP contribution >= 0.6 is 0 Å². The Morgan fingerprint density at radius 2 is 1.88 bits per heavy atom. The third-order valence-corrected chi connectivity index (χ3v) is 2.73. The molecule has 0 saturated heterocycles. The molecule has 0 radical (unpaired) electrons. The highest BCUT2D eigenvalue weighted by molar-refractivity contribution is 5.30. The molecule has 0 bridgehead atoms. The Morgan fingerprint density at radius 1 is 1.29 bits per heavy atom. The molecular formula is C15H25FO. The summed E-state index contributed by atoms with van der Waals surface area (Å²) < 4.78 is 19.1. The van der Waals surface area contributed by atoms with Gasteiger partial charge >= 0.3 is 0 Å². The molecule has 2 atom stereocenters. The number of hydrogen-bond donors (Lipinski definition) is 0. The van der Waals surface area contributed by atoms with E-state index in [1.165, 1.54) is 6.08 Å². The average Bonchev–Trinajstić information content (AvgIpc) is 2.24. The fraction of sp³-hybridized carbons (Fsp3) is 0.600. The minimum Gasteiger partial charge on any atom is -0.379 e. The number of halogens is 1. The number of hydrogen-bond acceptors (Lipinski definition) is 1. The van der Waals surface area contributed by atoms with Crippen molar-refractivity contribution >= 4 is 0 Å². The highest BCUT2D eigenvalue weighted by Gasteiger charge is 2.13. The Labute approximate surface area is 105 Å². The number of ether oxygens (including phenoxy) is 1. The van der Waals surface area contributed by atoms with Crippen LogP contribution in [0.25, 0.3) is 0 Å². The zero-order chi connectivity index (χ0) is 13.4. The molecule has 2 unspecified atom stereocenters. The molecule has 0 heterocycles. The zero-order valence-corrected chi connectivity index (χ0v) is 11.6. The largest absolute Gasteiger partial charge is 0.379 e. The van der Waals surface area contributed by atoms with Gasteiger partial charge in [-0.25, -0.2) is 4.39 Å². The predicted molar refractivity (Wildman–Crippen MR) is 72.6 cm³/mol. The summed E-state index contributed by atoms with van der Waals surface area (Å²) in [7, 11) is 0. The molecular weight excluding hydrogens is 215 g/mol. The van der Waals surface area contributed by atoms with E-state index in [1.54, 1.807) is 6.92 Å². The first-order chi connectivity index (χ1) is 7.88. The molecule has 0 aromatic rings. The van der Waals surface area contributed by atoms with Crippen LogP contribution in [0.5, 0.6) is 0 Å². The monoisotopic (exact) mass is 240 g/mol. The third-order valence-electron chi connectivity index (χ3n) is 2.73. The average molecular weight is 240 g/mol. The summed E-state index contributed by atoms with van der Waals surface area (Å²) in [6.45, 7) is 16.0. The minimum absolute atomic E-state index is 0.133. The van der Waals surface area contributed by atoms with Crippen LogP contribution < -0.4 is 0 Å². The Kier molecular flexibility index (Phi) is 7.81. The van der Waals surface area contributed by atoms with Gasteiger partial charge in [-0.1, -0.05) is 25.7 Å². The number of allylic oxidation sites excluding steroid dienone is 4. The van der Waals surface area contributed by atoms with E-state index in [0.717, 1.165) is 19.4 Å². The molecule has 0 N–H and O–H groups in total. The lowest BCUT2D eigenvalue weighted by molar-refractivity contribution is 0.0668. The molecule has 2 heteroatoms. The van der Waals surface area contributed by atoms with Crippen molar-refractivity contribution in [2.24, 2.45) is 5.92 Å². The molecule has 17 heavy (non-hydrogen) atoms. The van der Waals surface area contributed by atoms with Crippen LogP contribution in [-0.4, -0.2) is 12.7 Å². The van der Waals surface area contributed by atoms with Gasteiger partial charge in [-0.05, 0) is 51.2 Å². The van der Waals surface area contributed by atoms with E-state index in [9.17, 15) is 4.39 Å². The molecule has 0 amide bonds. The lowest BCUT2D eigenvalue weighted by Gasteiger charge is -2.16. The van der Waals surface area contributed by atoms with Gasteiger partial charge in [0.2, 0.25) is 0 Å².